The minimum atomic E-state index is -0.978. The molecule has 5 aromatic rings. The first-order chi connectivity index (χ1) is 20.2. The van der Waals surface area contributed by atoms with Gasteiger partial charge in [-0.3, -0.25) is 0 Å². The summed E-state index contributed by atoms with van der Waals surface area (Å²) >= 11 is 0. The number of hydrogen-bond donors (Lipinski definition) is 1. The maximum absolute atomic E-state index is 13.3. The van der Waals surface area contributed by atoms with Crippen molar-refractivity contribution < 1.29 is 19.4 Å². The second-order valence-corrected chi connectivity index (χ2v) is 10.0. The fourth-order valence-corrected chi connectivity index (χ4v) is 5.25. The second-order valence-electron chi connectivity index (χ2n) is 10.0. The molecule has 0 aliphatic carbocycles. The molecule has 0 spiro atoms. The Balaban J connectivity index is 1.56. The molecule has 0 bridgehead atoms. The lowest BCUT2D eigenvalue weighted by molar-refractivity contribution is -0.0729. The fourth-order valence-electron chi connectivity index (χ4n) is 5.25. The maximum Gasteiger partial charge on any atom is 0.338 e. The fraction of sp³-hybridized carbons (Fsp3) is 0.162. The van der Waals surface area contributed by atoms with Gasteiger partial charge in [0.2, 0.25) is 0 Å². The van der Waals surface area contributed by atoms with E-state index < -0.39 is 17.7 Å². The molecule has 0 aliphatic heterocycles. The number of aliphatic hydroxyl groups excluding tert-OH is 1. The van der Waals surface area contributed by atoms with Crippen LogP contribution >= 0.6 is 0 Å². The highest BCUT2D eigenvalue weighted by Crippen LogP contribution is 2.41. The number of aliphatic hydroxyl groups is 1. The molecule has 5 aromatic carbocycles. The van der Waals surface area contributed by atoms with Gasteiger partial charge in [0.25, 0.3) is 0 Å². The summed E-state index contributed by atoms with van der Waals surface area (Å²) in [6.45, 7) is -0.102. The van der Waals surface area contributed by atoms with Crippen molar-refractivity contribution in [3.63, 3.8) is 0 Å². The SMILES string of the molecule is O=C(O[C@@H](COC(c1ccccc1)(c1ccccc1)c1ccccc1)[C@H](CO)Cc1ccccc1)c1ccccc1. The Morgan fingerprint density at radius 2 is 1.02 bits per heavy atom. The van der Waals surface area contributed by atoms with Crippen LogP contribution in [-0.2, 0) is 21.5 Å². The van der Waals surface area contributed by atoms with Crippen LogP contribution in [-0.4, -0.2) is 30.4 Å². The number of benzene rings is 5. The van der Waals surface area contributed by atoms with Crippen molar-refractivity contribution >= 4 is 5.97 Å². The van der Waals surface area contributed by atoms with Gasteiger partial charge in [0, 0.05) is 12.5 Å². The maximum atomic E-state index is 13.3. The van der Waals surface area contributed by atoms with Crippen molar-refractivity contribution in [2.24, 2.45) is 5.92 Å². The molecule has 0 amide bonds. The molecule has 0 saturated heterocycles. The van der Waals surface area contributed by atoms with Gasteiger partial charge < -0.3 is 14.6 Å². The van der Waals surface area contributed by atoms with E-state index in [2.05, 4.69) is 36.4 Å². The van der Waals surface area contributed by atoms with Gasteiger partial charge in [0.1, 0.15) is 11.7 Å². The average Bonchev–Trinajstić information content (AvgIpc) is 3.06. The summed E-state index contributed by atoms with van der Waals surface area (Å²) in [4.78, 5) is 13.3. The minimum absolute atomic E-state index is 0.0648. The van der Waals surface area contributed by atoms with Gasteiger partial charge in [-0.1, -0.05) is 140 Å². The summed E-state index contributed by atoms with van der Waals surface area (Å²) in [6.07, 6.45) is -0.189. The molecule has 1 N–H and O–H groups in total. The molecule has 41 heavy (non-hydrogen) atoms. The van der Waals surface area contributed by atoms with E-state index in [4.69, 9.17) is 9.47 Å². The van der Waals surface area contributed by atoms with Crippen molar-refractivity contribution in [2.45, 2.75) is 18.1 Å². The van der Waals surface area contributed by atoms with E-state index in [1.807, 2.05) is 91.0 Å². The summed E-state index contributed by atoms with van der Waals surface area (Å²) in [6, 6.07) is 49.1. The first-order valence-corrected chi connectivity index (χ1v) is 13.9. The number of carbonyl (C=O) groups is 1. The number of carbonyl (C=O) groups excluding carboxylic acids is 1. The monoisotopic (exact) mass is 542 g/mol. The lowest BCUT2D eigenvalue weighted by Crippen LogP contribution is -2.40. The predicted octanol–water partition coefficient (Wildman–Crippen LogP) is 7.07. The molecule has 0 radical (unpaired) electrons. The Bertz CT molecular complexity index is 1380. The number of rotatable bonds is 12. The summed E-state index contributed by atoms with van der Waals surface area (Å²) in [7, 11) is 0. The summed E-state index contributed by atoms with van der Waals surface area (Å²) in [5.74, 6) is -0.833. The third kappa shape index (κ3) is 6.63. The highest BCUT2D eigenvalue weighted by molar-refractivity contribution is 5.89. The van der Waals surface area contributed by atoms with E-state index in [0.29, 0.717) is 12.0 Å². The van der Waals surface area contributed by atoms with Gasteiger partial charge in [-0.2, -0.15) is 0 Å². The Morgan fingerprint density at radius 1 is 0.610 bits per heavy atom. The standard InChI is InChI=1S/C37H34O4/c38-27-31(26-29-16-6-1-7-17-29)35(41-36(39)30-18-8-2-9-19-30)28-40-37(32-20-10-3-11-21-32,33-22-12-4-13-23-33)34-24-14-5-15-25-34/h1-25,31,35,38H,26-28H2/t31-,35-/m0/s1. The van der Waals surface area contributed by atoms with Crippen molar-refractivity contribution in [3.05, 3.63) is 179 Å². The van der Waals surface area contributed by atoms with Gasteiger partial charge in [-0.05, 0) is 40.8 Å². The highest BCUT2D eigenvalue weighted by Gasteiger charge is 2.39. The van der Waals surface area contributed by atoms with Gasteiger partial charge >= 0.3 is 5.97 Å². The largest absolute Gasteiger partial charge is 0.456 e. The Hall–Kier alpha value is -4.51. The zero-order chi connectivity index (χ0) is 28.3. The molecule has 206 valence electrons. The van der Waals surface area contributed by atoms with Crippen molar-refractivity contribution in [1.82, 2.24) is 0 Å². The molecule has 0 heterocycles. The predicted molar refractivity (Wildman–Crippen MR) is 162 cm³/mol. The first-order valence-electron chi connectivity index (χ1n) is 13.9. The molecule has 2 atom stereocenters. The molecule has 4 nitrogen and oxygen atoms in total. The molecule has 0 fully saturated rings. The zero-order valence-electron chi connectivity index (χ0n) is 22.9. The average molecular weight is 543 g/mol. The van der Waals surface area contributed by atoms with Crippen LogP contribution in [0.25, 0.3) is 0 Å². The lowest BCUT2D eigenvalue weighted by Gasteiger charge is -2.38. The van der Waals surface area contributed by atoms with Crippen LogP contribution in [0.1, 0.15) is 32.6 Å². The molecule has 5 rings (SSSR count). The third-order valence-corrected chi connectivity index (χ3v) is 7.37. The third-order valence-electron chi connectivity index (χ3n) is 7.37. The van der Waals surface area contributed by atoms with Gasteiger partial charge in [-0.15, -0.1) is 0 Å². The smallest absolute Gasteiger partial charge is 0.338 e. The molecule has 0 aromatic heterocycles. The normalized spacial score (nSPS) is 12.8. The van der Waals surface area contributed by atoms with Crippen LogP contribution in [0.15, 0.2) is 152 Å². The molecular formula is C37H34O4. The zero-order valence-corrected chi connectivity index (χ0v) is 22.9. The van der Waals surface area contributed by atoms with Crippen LogP contribution in [0.4, 0.5) is 0 Å². The molecule has 4 heteroatoms. The van der Waals surface area contributed by atoms with E-state index in [-0.39, 0.29) is 19.1 Å². The Morgan fingerprint density at radius 3 is 1.46 bits per heavy atom. The molecule has 0 unspecified atom stereocenters. The van der Waals surface area contributed by atoms with E-state index in [1.165, 1.54) is 0 Å². The van der Waals surface area contributed by atoms with E-state index >= 15 is 0 Å². The van der Waals surface area contributed by atoms with E-state index in [1.54, 1.807) is 24.3 Å². The number of ether oxygens (including phenoxy) is 2. The summed E-state index contributed by atoms with van der Waals surface area (Å²) in [5.41, 5.74) is 3.38. The summed E-state index contributed by atoms with van der Waals surface area (Å²) in [5, 5.41) is 10.6. The first kappa shape index (κ1) is 28.0. The van der Waals surface area contributed by atoms with Crippen molar-refractivity contribution in [2.75, 3.05) is 13.2 Å². The Labute approximate surface area is 241 Å². The minimum Gasteiger partial charge on any atom is -0.456 e. The Kier molecular flexibility index (Phi) is 9.37. The molecule has 0 saturated carbocycles. The highest BCUT2D eigenvalue weighted by atomic mass is 16.6. The number of hydrogen-bond acceptors (Lipinski definition) is 4. The van der Waals surface area contributed by atoms with Crippen LogP contribution in [0, 0.1) is 5.92 Å². The van der Waals surface area contributed by atoms with Crippen LogP contribution in [0.3, 0.4) is 0 Å². The van der Waals surface area contributed by atoms with Crippen molar-refractivity contribution in [3.8, 4) is 0 Å². The van der Waals surface area contributed by atoms with E-state index in [9.17, 15) is 9.90 Å². The van der Waals surface area contributed by atoms with Gasteiger partial charge in [0.05, 0.1) is 12.2 Å². The van der Waals surface area contributed by atoms with Crippen LogP contribution < -0.4 is 0 Å². The molecular weight excluding hydrogens is 508 g/mol. The second kappa shape index (κ2) is 13.7. The quantitative estimate of drug-likeness (QED) is 0.135. The van der Waals surface area contributed by atoms with Gasteiger partial charge in [-0.25, -0.2) is 4.79 Å². The van der Waals surface area contributed by atoms with Crippen molar-refractivity contribution in [1.29, 1.82) is 0 Å². The topological polar surface area (TPSA) is 55.8 Å². The van der Waals surface area contributed by atoms with Gasteiger partial charge in [0.15, 0.2) is 0 Å². The number of esters is 1. The van der Waals surface area contributed by atoms with Crippen LogP contribution in [0.2, 0.25) is 0 Å². The van der Waals surface area contributed by atoms with E-state index in [0.717, 1.165) is 22.3 Å². The molecule has 0 aliphatic rings. The van der Waals surface area contributed by atoms with Crippen LogP contribution in [0.5, 0.6) is 0 Å². The summed E-state index contributed by atoms with van der Waals surface area (Å²) < 4.78 is 13.2. The lowest BCUT2D eigenvalue weighted by atomic mass is 9.80.